The molecule has 1 heterocycles. The fourth-order valence-electron chi connectivity index (χ4n) is 1.74. The normalized spacial score (nSPS) is 10.7. The number of aryl methyl sites for hydroxylation is 1. The maximum absolute atomic E-state index is 11.9. The van der Waals surface area contributed by atoms with Gasteiger partial charge in [0.15, 0.2) is 0 Å². The van der Waals surface area contributed by atoms with Crippen LogP contribution in [0.4, 0.5) is 0 Å². The van der Waals surface area contributed by atoms with Crippen LogP contribution in [0.3, 0.4) is 0 Å². The van der Waals surface area contributed by atoms with Gasteiger partial charge in [0, 0.05) is 17.5 Å². The highest BCUT2D eigenvalue weighted by Crippen LogP contribution is 2.15. The van der Waals surface area contributed by atoms with Crippen molar-refractivity contribution in [1.29, 1.82) is 0 Å². The van der Waals surface area contributed by atoms with Crippen LogP contribution in [0.2, 0.25) is 0 Å². The Hall–Kier alpha value is -2.40. The molecule has 0 bridgehead atoms. The highest BCUT2D eigenvalue weighted by atomic mass is 32.1. The van der Waals surface area contributed by atoms with Crippen LogP contribution in [0.5, 0.6) is 0 Å². The molecule has 0 spiro atoms. The number of aliphatic carboxylic acids is 1. The van der Waals surface area contributed by atoms with Crippen LogP contribution in [0.15, 0.2) is 42.5 Å². The van der Waals surface area contributed by atoms with Crippen molar-refractivity contribution in [3.05, 3.63) is 63.4 Å². The lowest BCUT2D eigenvalue weighted by atomic mass is 10.1. The number of carbonyl (C=O) groups excluding carboxylic acids is 1. The van der Waals surface area contributed by atoms with Gasteiger partial charge >= 0.3 is 5.97 Å². The molecule has 0 aliphatic carbocycles. The molecule has 5 heteroatoms. The van der Waals surface area contributed by atoms with E-state index in [1.54, 1.807) is 0 Å². The smallest absolute Gasteiger partial charge is 0.328 e. The van der Waals surface area contributed by atoms with Crippen molar-refractivity contribution < 1.29 is 14.7 Å². The Balaban J connectivity index is 1.92. The first-order valence-electron chi connectivity index (χ1n) is 6.39. The zero-order chi connectivity index (χ0) is 15.2. The number of hydrogen-bond acceptors (Lipinski definition) is 3. The van der Waals surface area contributed by atoms with Crippen molar-refractivity contribution in [2.45, 2.75) is 13.5 Å². The summed E-state index contributed by atoms with van der Waals surface area (Å²) < 4.78 is 0. The number of carboxylic acids is 1. The minimum Gasteiger partial charge on any atom is -0.478 e. The van der Waals surface area contributed by atoms with Crippen LogP contribution in [-0.2, 0) is 11.3 Å². The van der Waals surface area contributed by atoms with Crippen LogP contribution >= 0.6 is 11.3 Å². The molecule has 0 atom stereocenters. The molecule has 2 rings (SSSR count). The summed E-state index contributed by atoms with van der Waals surface area (Å²) in [6.45, 7) is 2.41. The van der Waals surface area contributed by atoms with Crippen molar-refractivity contribution in [3.63, 3.8) is 0 Å². The SMILES string of the molecule is Cc1ccc(C(=O)NCc2ccc(C=CC(=O)O)cc2)s1. The van der Waals surface area contributed by atoms with Gasteiger partial charge in [0.05, 0.1) is 4.88 Å². The predicted octanol–water partition coefficient (Wildman–Crippen LogP) is 3.08. The molecular formula is C16H15NO3S. The summed E-state index contributed by atoms with van der Waals surface area (Å²) in [7, 11) is 0. The summed E-state index contributed by atoms with van der Waals surface area (Å²) in [4.78, 5) is 24.1. The Kier molecular flexibility index (Phi) is 4.90. The topological polar surface area (TPSA) is 66.4 Å². The second-order valence-electron chi connectivity index (χ2n) is 4.51. The highest BCUT2D eigenvalue weighted by Gasteiger charge is 2.07. The first-order chi connectivity index (χ1) is 10.0. The second kappa shape index (κ2) is 6.85. The molecule has 0 aliphatic heterocycles. The van der Waals surface area contributed by atoms with Gasteiger partial charge < -0.3 is 10.4 Å². The van der Waals surface area contributed by atoms with E-state index < -0.39 is 5.97 Å². The fraction of sp³-hybridized carbons (Fsp3) is 0.125. The van der Waals surface area contributed by atoms with Gasteiger partial charge in [-0.15, -0.1) is 11.3 Å². The third kappa shape index (κ3) is 4.57. The minimum atomic E-state index is -0.974. The molecule has 0 fully saturated rings. The zero-order valence-electron chi connectivity index (χ0n) is 11.5. The quantitative estimate of drug-likeness (QED) is 0.834. The zero-order valence-corrected chi connectivity index (χ0v) is 12.3. The Bertz CT molecular complexity index is 671. The lowest BCUT2D eigenvalue weighted by Crippen LogP contribution is -2.21. The van der Waals surface area contributed by atoms with Crippen LogP contribution in [-0.4, -0.2) is 17.0 Å². The van der Waals surface area contributed by atoms with E-state index >= 15 is 0 Å². The molecule has 0 saturated heterocycles. The molecule has 0 radical (unpaired) electrons. The number of thiophene rings is 1. The molecule has 1 aromatic heterocycles. The van der Waals surface area contributed by atoms with Crippen molar-refractivity contribution >= 4 is 29.3 Å². The van der Waals surface area contributed by atoms with Crippen molar-refractivity contribution in [2.75, 3.05) is 0 Å². The highest BCUT2D eigenvalue weighted by molar-refractivity contribution is 7.13. The van der Waals surface area contributed by atoms with E-state index in [0.29, 0.717) is 11.4 Å². The van der Waals surface area contributed by atoms with Gasteiger partial charge in [0.25, 0.3) is 5.91 Å². The first-order valence-corrected chi connectivity index (χ1v) is 7.21. The Morgan fingerprint density at radius 2 is 1.90 bits per heavy atom. The second-order valence-corrected chi connectivity index (χ2v) is 5.79. The van der Waals surface area contributed by atoms with Gasteiger partial charge in [-0.25, -0.2) is 4.79 Å². The van der Waals surface area contributed by atoms with E-state index in [4.69, 9.17) is 5.11 Å². The first kappa shape index (κ1) is 15.0. The lowest BCUT2D eigenvalue weighted by molar-refractivity contribution is -0.131. The van der Waals surface area contributed by atoms with E-state index in [9.17, 15) is 9.59 Å². The number of benzene rings is 1. The molecule has 1 aromatic carbocycles. The van der Waals surface area contributed by atoms with E-state index in [2.05, 4.69) is 5.32 Å². The molecule has 21 heavy (non-hydrogen) atoms. The van der Waals surface area contributed by atoms with Crippen LogP contribution in [0, 0.1) is 6.92 Å². The summed E-state index contributed by atoms with van der Waals surface area (Å²) in [5.74, 6) is -1.06. The van der Waals surface area contributed by atoms with Gasteiger partial charge in [-0.2, -0.15) is 0 Å². The number of amides is 1. The summed E-state index contributed by atoms with van der Waals surface area (Å²) in [6, 6.07) is 11.1. The Labute approximate surface area is 126 Å². The molecule has 1 amide bonds. The summed E-state index contributed by atoms with van der Waals surface area (Å²) >= 11 is 1.47. The van der Waals surface area contributed by atoms with Gasteiger partial charge in [0.2, 0.25) is 0 Å². The molecule has 2 N–H and O–H groups in total. The summed E-state index contributed by atoms with van der Waals surface area (Å²) in [5, 5.41) is 11.4. The lowest BCUT2D eigenvalue weighted by Gasteiger charge is -2.04. The summed E-state index contributed by atoms with van der Waals surface area (Å²) in [6.07, 6.45) is 2.62. The van der Waals surface area contributed by atoms with Crippen molar-refractivity contribution in [3.8, 4) is 0 Å². The standard InChI is InChI=1S/C16H15NO3S/c1-11-2-8-14(21-11)16(20)17-10-13-5-3-12(4-6-13)7-9-15(18)19/h2-9H,10H2,1H3,(H,17,20)(H,18,19). The predicted molar refractivity (Wildman–Crippen MR) is 83.3 cm³/mol. The third-order valence-electron chi connectivity index (χ3n) is 2.82. The van der Waals surface area contributed by atoms with E-state index in [1.807, 2.05) is 43.3 Å². The van der Waals surface area contributed by atoms with Crippen LogP contribution in [0.1, 0.15) is 25.7 Å². The van der Waals surface area contributed by atoms with Gasteiger partial charge in [-0.1, -0.05) is 24.3 Å². The van der Waals surface area contributed by atoms with E-state index in [-0.39, 0.29) is 5.91 Å². The van der Waals surface area contributed by atoms with Crippen molar-refractivity contribution in [2.24, 2.45) is 0 Å². The third-order valence-corrected chi connectivity index (χ3v) is 3.81. The average Bonchev–Trinajstić information content (AvgIpc) is 2.90. The Morgan fingerprint density at radius 1 is 1.19 bits per heavy atom. The Morgan fingerprint density at radius 3 is 2.48 bits per heavy atom. The molecule has 0 aliphatic rings. The number of nitrogens with one attached hydrogen (secondary N) is 1. The van der Waals surface area contributed by atoms with E-state index in [0.717, 1.165) is 22.1 Å². The number of carboxylic acid groups (broad SMARTS) is 1. The monoisotopic (exact) mass is 301 g/mol. The molecular weight excluding hydrogens is 286 g/mol. The van der Waals surface area contributed by atoms with Crippen LogP contribution in [0.25, 0.3) is 6.08 Å². The fourth-order valence-corrected chi connectivity index (χ4v) is 2.52. The maximum Gasteiger partial charge on any atom is 0.328 e. The number of rotatable bonds is 5. The van der Waals surface area contributed by atoms with Gasteiger partial charge in [-0.3, -0.25) is 4.79 Å². The largest absolute Gasteiger partial charge is 0.478 e. The van der Waals surface area contributed by atoms with Crippen molar-refractivity contribution in [1.82, 2.24) is 5.32 Å². The molecule has 2 aromatic rings. The van der Waals surface area contributed by atoms with Gasteiger partial charge in [-0.05, 0) is 36.3 Å². The maximum atomic E-state index is 11.9. The number of carbonyl (C=O) groups is 2. The average molecular weight is 301 g/mol. The molecule has 4 nitrogen and oxygen atoms in total. The molecule has 0 unspecified atom stereocenters. The molecule has 108 valence electrons. The van der Waals surface area contributed by atoms with E-state index in [1.165, 1.54) is 17.4 Å². The van der Waals surface area contributed by atoms with Gasteiger partial charge in [0.1, 0.15) is 0 Å². The minimum absolute atomic E-state index is 0.0806. The summed E-state index contributed by atoms with van der Waals surface area (Å²) in [5.41, 5.74) is 1.77. The molecule has 0 saturated carbocycles. The number of hydrogen-bond donors (Lipinski definition) is 2. The van der Waals surface area contributed by atoms with Crippen LogP contribution < -0.4 is 5.32 Å².